The molecule has 0 N–H and O–H groups in total. The third-order valence-corrected chi connectivity index (χ3v) is 3.61. The molecule has 0 fully saturated rings. The van der Waals surface area contributed by atoms with E-state index in [1.54, 1.807) is 7.11 Å². The summed E-state index contributed by atoms with van der Waals surface area (Å²) in [6.07, 6.45) is 5.37. The molecule has 0 aliphatic carbocycles. The zero-order valence-electron chi connectivity index (χ0n) is 12.5. The maximum Gasteiger partial charge on any atom is 0.128 e. The first-order chi connectivity index (χ1) is 9.10. The van der Waals surface area contributed by atoms with E-state index in [1.807, 2.05) is 13.1 Å². The fourth-order valence-corrected chi connectivity index (χ4v) is 2.41. The summed E-state index contributed by atoms with van der Waals surface area (Å²) in [6.45, 7) is 6.05. The number of pyridine rings is 1. The molecule has 1 heterocycles. The first-order valence-corrected chi connectivity index (χ1v) is 7.37. The highest BCUT2D eigenvalue weighted by Gasteiger charge is 2.11. The molecule has 3 nitrogen and oxygen atoms in total. The molecule has 0 spiro atoms. The number of hydrogen-bond donors (Lipinski definition) is 0. The summed E-state index contributed by atoms with van der Waals surface area (Å²) in [5, 5.41) is 0. The Kier molecular flexibility index (Phi) is 7.17. The van der Waals surface area contributed by atoms with Crippen molar-refractivity contribution in [3.63, 3.8) is 0 Å². The van der Waals surface area contributed by atoms with Gasteiger partial charge in [0.05, 0.1) is 12.8 Å². The SMILES string of the molecule is COc1c(C)cnc(CN(C)CCCCCCl)c1C. The van der Waals surface area contributed by atoms with Gasteiger partial charge in [0.2, 0.25) is 0 Å². The van der Waals surface area contributed by atoms with Crippen molar-refractivity contribution in [3.05, 3.63) is 23.0 Å². The van der Waals surface area contributed by atoms with Gasteiger partial charge in [0, 0.05) is 29.7 Å². The van der Waals surface area contributed by atoms with Crippen LogP contribution in [-0.2, 0) is 6.54 Å². The molecule has 19 heavy (non-hydrogen) atoms. The second-order valence-corrected chi connectivity index (χ2v) is 5.41. The Morgan fingerprint density at radius 3 is 2.63 bits per heavy atom. The van der Waals surface area contributed by atoms with Gasteiger partial charge in [-0.15, -0.1) is 11.6 Å². The summed E-state index contributed by atoms with van der Waals surface area (Å²) in [6, 6.07) is 0. The largest absolute Gasteiger partial charge is 0.496 e. The van der Waals surface area contributed by atoms with E-state index in [0.717, 1.165) is 48.0 Å². The van der Waals surface area contributed by atoms with Crippen molar-refractivity contribution in [2.45, 2.75) is 39.7 Å². The molecule has 0 aliphatic heterocycles. The zero-order valence-corrected chi connectivity index (χ0v) is 13.3. The molecule has 108 valence electrons. The van der Waals surface area contributed by atoms with Gasteiger partial charge in [-0.3, -0.25) is 4.98 Å². The van der Waals surface area contributed by atoms with Crippen molar-refractivity contribution in [1.82, 2.24) is 9.88 Å². The van der Waals surface area contributed by atoms with Crippen LogP contribution >= 0.6 is 11.6 Å². The molecule has 0 bridgehead atoms. The molecule has 1 rings (SSSR count). The summed E-state index contributed by atoms with van der Waals surface area (Å²) in [4.78, 5) is 6.83. The van der Waals surface area contributed by atoms with Crippen LogP contribution in [0.5, 0.6) is 5.75 Å². The minimum atomic E-state index is 0.763. The van der Waals surface area contributed by atoms with Crippen molar-refractivity contribution in [1.29, 1.82) is 0 Å². The van der Waals surface area contributed by atoms with Gasteiger partial charge in [-0.05, 0) is 40.3 Å². The van der Waals surface area contributed by atoms with Crippen LogP contribution in [0.25, 0.3) is 0 Å². The normalized spacial score (nSPS) is 11.1. The Bertz CT molecular complexity index is 396. The topological polar surface area (TPSA) is 25.4 Å². The molecule has 1 aromatic heterocycles. The number of nitrogens with zero attached hydrogens (tertiary/aromatic N) is 2. The highest BCUT2D eigenvalue weighted by molar-refractivity contribution is 6.17. The Labute approximate surface area is 121 Å². The smallest absolute Gasteiger partial charge is 0.128 e. The third-order valence-electron chi connectivity index (χ3n) is 3.34. The molecular weight excluding hydrogens is 260 g/mol. The Morgan fingerprint density at radius 1 is 1.26 bits per heavy atom. The van der Waals surface area contributed by atoms with E-state index in [0.29, 0.717) is 0 Å². The van der Waals surface area contributed by atoms with E-state index < -0.39 is 0 Å². The molecule has 0 aliphatic rings. The lowest BCUT2D eigenvalue weighted by molar-refractivity contribution is 0.312. The predicted octanol–water partition coefficient (Wildman–Crippen LogP) is 3.55. The number of unbranched alkanes of at least 4 members (excludes halogenated alkanes) is 2. The highest BCUT2D eigenvalue weighted by Crippen LogP contribution is 2.24. The van der Waals surface area contributed by atoms with Crippen molar-refractivity contribution in [2.75, 3.05) is 26.6 Å². The first-order valence-electron chi connectivity index (χ1n) is 6.83. The summed E-state index contributed by atoms with van der Waals surface area (Å²) >= 11 is 5.68. The number of aryl methyl sites for hydroxylation is 1. The Hall–Kier alpha value is -0.800. The number of aromatic nitrogens is 1. The second-order valence-electron chi connectivity index (χ2n) is 5.03. The van der Waals surface area contributed by atoms with E-state index in [-0.39, 0.29) is 0 Å². The van der Waals surface area contributed by atoms with Gasteiger partial charge in [-0.25, -0.2) is 0 Å². The number of hydrogen-bond acceptors (Lipinski definition) is 3. The van der Waals surface area contributed by atoms with Gasteiger partial charge in [0.1, 0.15) is 5.75 Å². The van der Waals surface area contributed by atoms with Crippen molar-refractivity contribution >= 4 is 11.6 Å². The van der Waals surface area contributed by atoms with Crippen LogP contribution in [0.2, 0.25) is 0 Å². The number of rotatable bonds is 8. The van der Waals surface area contributed by atoms with Crippen LogP contribution in [0.3, 0.4) is 0 Å². The average molecular weight is 285 g/mol. The predicted molar refractivity (Wildman–Crippen MR) is 81.2 cm³/mol. The molecule has 0 saturated carbocycles. The van der Waals surface area contributed by atoms with Gasteiger partial charge in [-0.2, -0.15) is 0 Å². The molecule has 0 radical (unpaired) electrons. The molecule has 4 heteroatoms. The quantitative estimate of drug-likeness (QED) is 0.539. The van der Waals surface area contributed by atoms with Crippen molar-refractivity contribution in [3.8, 4) is 5.75 Å². The van der Waals surface area contributed by atoms with Gasteiger partial charge in [0.25, 0.3) is 0 Å². The van der Waals surface area contributed by atoms with Crippen LogP contribution in [0.4, 0.5) is 0 Å². The fraction of sp³-hybridized carbons (Fsp3) is 0.667. The van der Waals surface area contributed by atoms with Crippen molar-refractivity contribution in [2.24, 2.45) is 0 Å². The van der Waals surface area contributed by atoms with E-state index >= 15 is 0 Å². The number of methoxy groups -OCH3 is 1. The molecule has 1 aromatic rings. The van der Waals surface area contributed by atoms with E-state index in [4.69, 9.17) is 16.3 Å². The van der Waals surface area contributed by atoms with Crippen LogP contribution in [0.1, 0.15) is 36.1 Å². The summed E-state index contributed by atoms with van der Waals surface area (Å²) < 4.78 is 5.44. The van der Waals surface area contributed by atoms with E-state index in [9.17, 15) is 0 Å². The van der Waals surface area contributed by atoms with Crippen LogP contribution < -0.4 is 4.74 Å². The van der Waals surface area contributed by atoms with Crippen LogP contribution in [0, 0.1) is 13.8 Å². The van der Waals surface area contributed by atoms with E-state index in [2.05, 4.69) is 23.9 Å². The summed E-state index contributed by atoms with van der Waals surface area (Å²) in [5.74, 6) is 1.72. The molecule has 0 saturated heterocycles. The lowest BCUT2D eigenvalue weighted by atomic mass is 10.1. The fourth-order valence-electron chi connectivity index (χ4n) is 2.22. The highest BCUT2D eigenvalue weighted by atomic mass is 35.5. The number of ether oxygens (including phenoxy) is 1. The molecule has 0 amide bonds. The Morgan fingerprint density at radius 2 is 2.00 bits per heavy atom. The minimum absolute atomic E-state index is 0.763. The standard InChI is InChI=1S/C15H25ClN2O/c1-12-10-17-14(13(2)15(12)19-4)11-18(3)9-7-5-6-8-16/h10H,5-9,11H2,1-4H3. The molecule has 0 aromatic carbocycles. The molecule has 0 atom stereocenters. The van der Waals surface area contributed by atoms with Gasteiger partial charge >= 0.3 is 0 Å². The maximum absolute atomic E-state index is 5.68. The first kappa shape index (κ1) is 16.3. The zero-order chi connectivity index (χ0) is 14.3. The molecular formula is C15H25ClN2O. The van der Waals surface area contributed by atoms with Gasteiger partial charge in [0.15, 0.2) is 0 Å². The summed E-state index contributed by atoms with van der Waals surface area (Å²) in [5.41, 5.74) is 3.34. The van der Waals surface area contributed by atoms with Crippen LogP contribution in [0.15, 0.2) is 6.20 Å². The maximum atomic E-state index is 5.68. The minimum Gasteiger partial charge on any atom is -0.496 e. The third kappa shape index (κ3) is 5.00. The van der Waals surface area contributed by atoms with Gasteiger partial charge in [-0.1, -0.05) is 6.42 Å². The Balaban J connectivity index is 2.57. The lowest BCUT2D eigenvalue weighted by Gasteiger charge is -2.19. The average Bonchev–Trinajstić information content (AvgIpc) is 2.39. The summed E-state index contributed by atoms with van der Waals surface area (Å²) in [7, 11) is 3.85. The number of alkyl halides is 1. The monoisotopic (exact) mass is 284 g/mol. The van der Waals surface area contributed by atoms with Gasteiger partial charge < -0.3 is 9.64 Å². The second kappa shape index (κ2) is 8.39. The number of halogens is 1. The van der Waals surface area contributed by atoms with E-state index in [1.165, 1.54) is 12.8 Å². The lowest BCUT2D eigenvalue weighted by Crippen LogP contribution is -2.20. The van der Waals surface area contributed by atoms with Crippen LogP contribution in [-0.4, -0.2) is 36.5 Å². The molecule has 0 unspecified atom stereocenters. The van der Waals surface area contributed by atoms with Crippen molar-refractivity contribution < 1.29 is 4.74 Å².